The van der Waals surface area contributed by atoms with Crippen LogP contribution in [0.1, 0.15) is 49.9 Å². The summed E-state index contributed by atoms with van der Waals surface area (Å²) < 4.78 is 0. The van der Waals surface area contributed by atoms with Crippen LogP contribution in [0.2, 0.25) is 0 Å². The number of carbonyl (C=O) groups excluding carboxylic acids is 3. The van der Waals surface area contributed by atoms with Crippen molar-refractivity contribution in [2.45, 2.75) is 39.5 Å². The van der Waals surface area contributed by atoms with E-state index >= 15 is 0 Å². The van der Waals surface area contributed by atoms with Gasteiger partial charge in [0.15, 0.2) is 0 Å². The van der Waals surface area contributed by atoms with Gasteiger partial charge < -0.3 is 21.3 Å². The Kier molecular flexibility index (Phi) is 9.37. The highest BCUT2D eigenvalue weighted by atomic mass is 16.2. The van der Waals surface area contributed by atoms with Gasteiger partial charge in [-0.3, -0.25) is 14.4 Å². The Morgan fingerprint density at radius 3 is 2.20 bits per heavy atom. The van der Waals surface area contributed by atoms with E-state index in [1.54, 1.807) is 36.4 Å². The summed E-state index contributed by atoms with van der Waals surface area (Å²) in [7, 11) is 0. The van der Waals surface area contributed by atoms with Crippen LogP contribution in [0.4, 0.5) is 17.1 Å². The SMILES string of the molecule is CCCCNC(=O)c1ccc(NC(=O)CNc2cccc(NC(=O)CCC)c2)cc1. The Morgan fingerprint density at radius 1 is 0.800 bits per heavy atom. The van der Waals surface area contributed by atoms with Crippen molar-refractivity contribution in [2.24, 2.45) is 0 Å². The second-order valence-corrected chi connectivity index (χ2v) is 6.97. The molecule has 2 aromatic rings. The maximum atomic E-state index is 12.2. The number of anilines is 3. The molecule has 3 amide bonds. The topological polar surface area (TPSA) is 99.3 Å². The number of unbranched alkanes of at least 4 members (excludes halogenated alkanes) is 1. The lowest BCUT2D eigenvalue weighted by Crippen LogP contribution is -2.24. The summed E-state index contributed by atoms with van der Waals surface area (Å²) in [5, 5.41) is 11.5. The quantitative estimate of drug-likeness (QED) is 0.421. The second kappa shape index (κ2) is 12.3. The first-order valence-corrected chi connectivity index (χ1v) is 10.3. The first-order chi connectivity index (χ1) is 14.5. The van der Waals surface area contributed by atoms with Gasteiger partial charge in [-0.25, -0.2) is 0 Å². The first-order valence-electron chi connectivity index (χ1n) is 10.3. The lowest BCUT2D eigenvalue weighted by molar-refractivity contribution is -0.116. The fraction of sp³-hybridized carbons (Fsp3) is 0.348. The van der Waals surface area contributed by atoms with Gasteiger partial charge in [0.25, 0.3) is 5.91 Å². The number of amides is 3. The fourth-order valence-corrected chi connectivity index (χ4v) is 2.73. The summed E-state index contributed by atoms with van der Waals surface area (Å²) >= 11 is 0. The molecule has 0 atom stereocenters. The van der Waals surface area contributed by atoms with E-state index in [4.69, 9.17) is 0 Å². The van der Waals surface area contributed by atoms with E-state index in [0.717, 1.165) is 24.9 Å². The molecule has 0 saturated carbocycles. The highest BCUT2D eigenvalue weighted by Crippen LogP contribution is 2.15. The van der Waals surface area contributed by atoms with Crippen molar-refractivity contribution < 1.29 is 14.4 Å². The molecule has 0 aliphatic rings. The van der Waals surface area contributed by atoms with Crippen LogP contribution in [0.5, 0.6) is 0 Å². The zero-order valence-corrected chi connectivity index (χ0v) is 17.6. The van der Waals surface area contributed by atoms with E-state index in [0.29, 0.717) is 29.9 Å². The van der Waals surface area contributed by atoms with Gasteiger partial charge in [0, 0.05) is 35.6 Å². The Labute approximate surface area is 177 Å². The molecule has 0 aromatic heterocycles. The smallest absolute Gasteiger partial charge is 0.251 e. The molecule has 30 heavy (non-hydrogen) atoms. The Morgan fingerprint density at radius 2 is 1.50 bits per heavy atom. The van der Waals surface area contributed by atoms with Crippen molar-refractivity contribution in [2.75, 3.05) is 29.0 Å². The highest BCUT2D eigenvalue weighted by molar-refractivity contribution is 5.97. The summed E-state index contributed by atoms with van der Waals surface area (Å²) in [6.45, 7) is 4.75. The number of rotatable bonds is 11. The molecule has 0 saturated heterocycles. The monoisotopic (exact) mass is 410 g/mol. The lowest BCUT2D eigenvalue weighted by atomic mass is 10.2. The maximum Gasteiger partial charge on any atom is 0.251 e. The number of carbonyl (C=O) groups is 3. The zero-order valence-electron chi connectivity index (χ0n) is 17.6. The van der Waals surface area contributed by atoms with Crippen LogP contribution in [0.15, 0.2) is 48.5 Å². The molecule has 160 valence electrons. The Hall–Kier alpha value is -3.35. The predicted molar refractivity (Wildman–Crippen MR) is 121 cm³/mol. The molecule has 4 N–H and O–H groups in total. The molecule has 0 unspecified atom stereocenters. The van der Waals surface area contributed by atoms with E-state index in [9.17, 15) is 14.4 Å². The molecule has 7 heteroatoms. The largest absolute Gasteiger partial charge is 0.376 e. The highest BCUT2D eigenvalue weighted by Gasteiger charge is 2.07. The zero-order chi connectivity index (χ0) is 21.8. The summed E-state index contributed by atoms with van der Waals surface area (Å²) in [6.07, 6.45) is 3.23. The van der Waals surface area contributed by atoms with E-state index in [1.165, 1.54) is 0 Å². The predicted octanol–water partition coefficient (Wildman–Crippen LogP) is 4.01. The van der Waals surface area contributed by atoms with Crippen molar-refractivity contribution in [3.63, 3.8) is 0 Å². The normalized spacial score (nSPS) is 10.2. The molecule has 0 heterocycles. The first kappa shape index (κ1) is 22.9. The van der Waals surface area contributed by atoms with Crippen LogP contribution in [0, 0.1) is 0 Å². The molecule has 0 fully saturated rings. The molecule has 0 bridgehead atoms. The minimum Gasteiger partial charge on any atom is -0.376 e. The van der Waals surface area contributed by atoms with Gasteiger partial charge in [0.05, 0.1) is 6.54 Å². The minimum absolute atomic E-state index is 0.0325. The number of hydrogen-bond acceptors (Lipinski definition) is 4. The van der Waals surface area contributed by atoms with E-state index in [1.807, 2.05) is 19.1 Å². The standard InChI is InChI=1S/C23H30N4O3/c1-3-5-14-24-23(30)17-10-12-18(13-11-17)26-22(29)16-25-19-8-6-9-20(15-19)27-21(28)7-4-2/h6,8-13,15,25H,3-5,7,14,16H2,1-2H3,(H,24,30)(H,26,29)(H,27,28). The van der Waals surface area contributed by atoms with Gasteiger partial charge in [-0.05, 0) is 55.3 Å². The minimum atomic E-state index is -0.212. The van der Waals surface area contributed by atoms with E-state index in [-0.39, 0.29) is 24.3 Å². The Bertz CT molecular complexity index is 850. The third-order valence-corrected chi connectivity index (χ3v) is 4.32. The third-order valence-electron chi connectivity index (χ3n) is 4.32. The third kappa shape index (κ3) is 7.95. The lowest BCUT2D eigenvalue weighted by Gasteiger charge is -2.10. The summed E-state index contributed by atoms with van der Waals surface area (Å²) in [6, 6.07) is 14.0. The van der Waals surface area contributed by atoms with Gasteiger partial charge in [-0.1, -0.05) is 26.3 Å². The fourth-order valence-electron chi connectivity index (χ4n) is 2.73. The molecule has 2 rings (SSSR count). The van der Waals surface area contributed by atoms with Gasteiger partial charge in [0.2, 0.25) is 11.8 Å². The van der Waals surface area contributed by atoms with Crippen LogP contribution >= 0.6 is 0 Å². The van der Waals surface area contributed by atoms with Gasteiger partial charge >= 0.3 is 0 Å². The molecule has 0 aliphatic carbocycles. The summed E-state index contributed by atoms with van der Waals surface area (Å²) in [5.74, 6) is -0.362. The van der Waals surface area contributed by atoms with Crippen LogP contribution in [0.3, 0.4) is 0 Å². The summed E-state index contributed by atoms with van der Waals surface area (Å²) in [4.78, 5) is 35.9. The molecule has 7 nitrogen and oxygen atoms in total. The van der Waals surface area contributed by atoms with Gasteiger partial charge in [0.1, 0.15) is 0 Å². The molecule has 0 aliphatic heterocycles. The second-order valence-electron chi connectivity index (χ2n) is 6.97. The Balaban J connectivity index is 1.82. The van der Waals surface area contributed by atoms with Crippen LogP contribution < -0.4 is 21.3 Å². The average Bonchev–Trinajstić information content (AvgIpc) is 2.73. The number of benzene rings is 2. The van der Waals surface area contributed by atoms with Crippen molar-refractivity contribution in [1.29, 1.82) is 0 Å². The summed E-state index contributed by atoms with van der Waals surface area (Å²) in [5.41, 5.74) is 2.60. The van der Waals surface area contributed by atoms with Crippen molar-refractivity contribution >= 4 is 34.8 Å². The van der Waals surface area contributed by atoms with Crippen LogP contribution in [-0.2, 0) is 9.59 Å². The van der Waals surface area contributed by atoms with E-state index in [2.05, 4.69) is 28.2 Å². The average molecular weight is 411 g/mol. The maximum absolute atomic E-state index is 12.2. The molecule has 0 radical (unpaired) electrons. The van der Waals surface area contributed by atoms with Gasteiger partial charge in [-0.2, -0.15) is 0 Å². The molecule has 0 spiro atoms. The van der Waals surface area contributed by atoms with Crippen LogP contribution in [-0.4, -0.2) is 30.8 Å². The van der Waals surface area contributed by atoms with Crippen molar-refractivity contribution in [1.82, 2.24) is 5.32 Å². The van der Waals surface area contributed by atoms with Gasteiger partial charge in [-0.15, -0.1) is 0 Å². The van der Waals surface area contributed by atoms with E-state index < -0.39 is 0 Å². The molecule has 2 aromatic carbocycles. The van der Waals surface area contributed by atoms with Crippen molar-refractivity contribution in [3.05, 3.63) is 54.1 Å². The molecular formula is C23H30N4O3. The molecular weight excluding hydrogens is 380 g/mol. The van der Waals surface area contributed by atoms with Crippen LogP contribution in [0.25, 0.3) is 0 Å². The van der Waals surface area contributed by atoms with Crippen molar-refractivity contribution in [3.8, 4) is 0 Å². The number of nitrogens with one attached hydrogen (secondary N) is 4. The number of hydrogen-bond donors (Lipinski definition) is 4.